The lowest BCUT2D eigenvalue weighted by Crippen LogP contribution is -2.10. The highest BCUT2D eigenvalue weighted by molar-refractivity contribution is 7.26. The van der Waals surface area contributed by atoms with Crippen LogP contribution in [0.3, 0.4) is 0 Å². The highest BCUT2D eigenvalue weighted by atomic mass is 32.1. The lowest BCUT2D eigenvalue weighted by atomic mass is 10.0. The number of hydrogen-bond donors (Lipinski definition) is 1. The van der Waals surface area contributed by atoms with Crippen molar-refractivity contribution in [2.24, 2.45) is 0 Å². The predicted octanol–water partition coefficient (Wildman–Crippen LogP) is 11.5. The molecule has 1 aliphatic rings. The van der Waals surface area contributed by atoms with Crippen molar-refractivity contribution in [3.05, 3.63) is 151 Å². The summed E-state index contributed by atoms with van der Waals surface area (Å²) in [5.74, 6) is 0.935. The van der Waals surface area contributed by atoms with E-state index in [9.17, 15) is 0 Å². The van der Waals surface area contributed by atoms with E-state index in [2.05, 4.69) is 155 Å². The van der Waals surface area contributed by atoms with E-state index in [1.165, 1.54) is 63.9 Å². The van der Waals surface area contributed by atoms with Crippen molar-refractivity contribution in [3.8, 4) is 22.6 Å². The van der Waals surface area contributed by atoms with Crippen LogP contribution >= 0.6 is 11.3 Å². The molecule has 3 heterocycles. The molecule has 212 valence electrons. The average Bonchev–Trinajstić information content (AvgIpc) is 3.80. The van der Waals surface area contributed by atoms with Gasteiger partial charge in [0.05, 0.1) is 16.7 Å². The molecule has 0 fully saturated rings. The molecule has 0 spiro atoms. The van der Waals surface area contributed by atoms with Crippen LogP contribution in [0.25, 0.3) is 69.6 Å². The first kappa shape index (κ1) is 24.8. The van der Waals surface area contributed by atoms with E-state index in [1.54, 1.807) is 0 Å². The third-order valence-corrected chi connectivity index (χ3v) is 10.4. The van der Waals surface area contributed by atoms with Gasteiger partial charge in [0.15, 0.2) is 12.0 Å². The maximum absolute atomic E-state index is 6.78. The summed E-state index contributed by atoms with van der Waals surface area (Å²) in [6.07, 6.45) is -0.277. The molecule has 0 radical (unpaired) electrons. The largest absolute Gasteiger partial charge is 0.464 e. The van der Waals surface area contributed by atoms with Crippen molar-refractivity contribution >= 4 is 69.8 Å². The Morgan fingerprint density at radius 1 is 0.622 bits per heavy atom. The Labute approximate surface area is 263 Å². The van der Waals surface area contributed by atoms with Gasteiger partial charge in [0.25, 0.3) is 0 Å². The summed E-state index contributed by atoms with van der Waals surface area (Å²) in [5.41, 5.74) is 8.16. The van der Waals surface area contributed by atoms with E-state index in [4.69, 9.17) is 4.74 Å². The maximum Gasteiger partial charge on any atom is 0.196 e. The van der Waals surface area contributed by atoms with Crippen LogP contribution in [0.15, 0.2) is 146 Å². The Balaban J connectivity index is 1.10. The quantitative estimate of drug-likeness (QED) is 0.220. The second kappa shape index (κ2) is 9.46. The fourth-order valence-electron chi connectivity index (χ4n) is 7.17. The molecule has 3 nitrogen and oxygen atoms in total. The zero-order valence-electron chi connectivity index (χ0n) is 24.2. The van der Waals surface area contributed by atoms with Crippen LogP contribution < -0.4 is 10.1 Å². The maximum atomic E-state index is 6.78. The minimum absolute atomic E-state index is 0.277. The summed E-state index contributed by atoms with van der Waals surface area (Å²) in [6.45, 7) is 0. The Hall–Kier alpha value is -5.58. The van der Waals surface area contributed by atoms with Gasteiger partial charge in [-0.3, -0.25) is 0 Å². The van der Waals surface area contributed by atoms with Gasteiger partial charge in [0.2, 0.25) is 0 Å². The minimum atomic E-state index is -0.277. The van der Waals surface area contributed by atoms with Gasteiger partial charge in [-0.15, -0.1) is 11.3 Å². The van der Waals surface area contributed by atoms with Gasteiger partial charge in [-0.2, -0.15) is 0 Å². The van der Waals surface area contributed by atoms with Crippen LogP contribution in [0.2, 0.25) is 0 Å². The molecule has 1 aliphatic heterocycles. The van der Waals surface area contributed by atoms with Gasteiger partial charge in [-0.25, -0.2) is 0 Å². The number of hydrogen-bond acceptors (Lipinski definition) is 3. The number of ether oxygens (including phenoxy) is 1. The molecule has 1 unspecified atom stereocenters. The third kappa shape index (κ3) is 3.63. The number of fused-ring (bicyclic) bond motifs is 10. The van der Waals surface area contributed by atoms with E-state index in [0.717, 1.165) is 22.7 Å². The number of benzene rings is 7. The van der Waals surface area contributed by atoms with E-state index in [1.807, 2.05) is 11.3 Å². The summed E-state index contributed by atoms with van der Waals surface area (Å²) in [6, 6.07) is 52.3. The van der Waals surface area contributed by atoms with Crippen LogP contribution in [0.5, 0.6) is 5.75 Å². The number of rotatable bonds is 3. The molecule has 45 heavy (non-hydrogen) atoms. The fraction of sp³-hybridized carbons (Fsp3) is 0.0244. The standard InChI is InChI=1S/C41H26N2OS/c1-2-10-25(11-3-1)33-24-34-39(37-32-15-7-9-17-36(32)45-40(33)37)44-41(42-34)27-18-21-28(22-19-27)43-35-16-8-6-14-30(35)31-23-20-26-12-4-5-13-29(26)38(31)43/h1-24,41-42H. The van der Waals surface area contributed by atoms with Crippen LogP contribution in [0, 0.1) is 0 Å². The monoisotopic (exact) mass is 594 g/mol. The van der Waals surface area contributed by atoms with E-state index in [-0.39, 0.29) is 6.23 Å². The molecule has 2 aromatic heterocycles. The second-order valence-electron chi connectivity index (χ2n) is 11.7. The van der Waals surface area contributed by atoms with Crippen LogP contribution in [0.4, 0.5) is 5.69 Å². The molecule has 10 rings (SSSR count). The zero-order valence-corrected chi connectivity index (χ0v) is 25.0. The van der Waals surface area contributed by atoms with E-state index in [0.29, 0.717) is 0 Å². The molecule has 0 aliphatic carbocycles. The number of thiophene rings is 1. The smallest absolute Gasteiger partial charge is 0.196 e. The van der Waals surface area contributed by atoms with Crippen molar-refractivity contribution in [1.29, 1.82) is 0 Å². The summed E-state index contributed by atoms with van der Waals surface area (Å²) in [4.78, 5) is 0. The molecular weight excluding hydrogens is 569 g/mol. The van der Waals surface area contributed by atoms with Gasteiger partial charge in [-0.05, 0) is 41.3 Å². The molecule has 0 amide bonds. The van der Waals surface area contributed by atoms with E-state index >= 15 is 0 Å². The molecule has 0 saturated carbocycles. The molecule has 0 bridgehead atoms. The van der Waals surface area contributed by atoms with Crippen LogP contribution in [-0.2, 0) is 0 Å². The first-order valence-corrected chi connectivity index (χ1v) is 16.1. The Morgan fingerprint density at radius 2 is 1.36 bits per heavy atom. The lowest BCUT2D eigenvalue weighted by Gasteiger charge is -2.14. The minimum Gasteiger partial charge on any atom is -0.464 e. The molecule has 7 aromatic carbocycles. The number of para-hydroxylation sites is 1. The molecule has 1 atom stereocenters. The van der Waals surface area contributed by atoms with E-state index < -0.39 is 0 Å². The third-order valence-electron chi connectivity index (χ3n) is 9.22. The van der Waals surface area contributed by atoms with Crippen molar-refractivity contribution in [2.75, 3.05) is 5.32 Å². The van der Waals surface area contributed by atoms with Crippen molar-refractivity contribution in [2.45, 2.75) is 6.23 Å². The average molecular weight is 595 g/mol. The highest BCUT2D eigenvalue weighted by Gasteiger charge is 2.29. The normalized spacial score (nSPS) is 14.4. The second-order valence-corrected chi connectivity index (χ2v) is 12.8. The molecule has 0 saturated heterocycles. The van der Waals surface area contributed by atoms with Gasteiger partial charge in [-0.1, -0.05) is 115 Å². The molecular formula is C41H26N2OS. The molecule has 1 N–H and O–H groups in total. The number of nitrogens with zero attached hydrogens (tertiary/aromatic N) is 1. The summed E-state index contributed by atoms with van der Waals surface area (Å²) in [5, 5.41) is 11.2. The molecule has 4 heteroatoms. The highest BCUT2D eigenvalue weighted by Crippen LogP contribution is 2.52. The number of anilines is 1. The summed E-state index contributed by atoms with van der Waals surface area (Å²) < 4.78 is 11.7. The van der Waals surface area contributed by atoms with Gasteiger partial charge in [0, 0.05) is 53.1 Å². The zero-order chi connectivity index (χ0) is 29.5. The van der Waals surface area contributed by atoms with Crippen molar-refractivity contribution in [1.82, 2.24) is 4.57 Å². The predicted molar refractivity (Wildman–Crippen MR) is 190 cm³/mol. The fourth-order valence-corrected chi connectivity index (χ4v) is 8.41. The van der Waals surface area contributed by atoms with Crippen LogP contribution in [-0.4, -0.2) is 4.57 Å². The lowest BCUT2D eigenvalue weighted by molar-refractivity contribution is 0.263. The Morgan fingerprint density at radius 3 is 2.22 bits per heavy atom. The first-order valence-electron chi connectivity index (χ1n) is 15.3. The Bertz CT molecular complexity index is 2600. The van der Waals surface area contributed by atoms with Gasteiger partial charge >= 0.3 is 0 Å². The SMILES string of the molecule is c1ccc(-c2cc3c(c4c2sc2ccccc24)OC(c2ccc(-n4c5ccccc5c5ccc6ccccc6c54)cc2)N3)cc1. The first-order chi connectivity index (χ1) is 22.3. The number of aromatic nitrogens is 1. The summed E-state index contributed by atoms with van der Waals surface area (Å²) >= 11 is 1.84. The Kier molecular flexibility index (Phi) is 5.22. The van der Waals surface area contributed by atoms with Crippen molar-refractivity contribution in [3.63, 3.8) is 0 Å². The van der Waals surface area contributed by atoms with Gasteiger partial charge < -0.3 is 14.6 Å². The topological polar surface area (TPSA) is 26.2 Å². The summed E-state index contributed by atoms with van der Waals surface area (Å²) in [7, 11) is 0. The van der Waals surface area contributed by atoms with Gasteiger partial charge in [0.1, 0.15) is 0 Å². The van der Waals surface area contributed by atoms with Crippen molar-refractivity contribution < 1.29 is 4.74 Å². The van der Waals surface area contributed by atoms with Crippen LogP contribution in [0.1, 0.15) is 11.8 Å². The molecule has 9 aromatic rings. The number of nitrogens with one attached hydrogen (secondary N) is 1.